The summed E-state index contributed by atoms with van der Waals surface area (Å²) in [5.74, 6) is -10.00. The van der Waals surface area contributed by atoms with Crippen LogP contribution in [0.2, 0.25) is 0 Å². The predicted octanol–water partition coefficient (Wildman–Crippen LogP) is 4.83. The zero-order valence-electron chi connectivity index (χ0n) is 46.8. The van der Waals surface area contributed by atoms with Crippen LogP contribution >= 0.6 is 0 Å². The highest BCUT2D eigenvalue weighted by atomic mass is 16.5. The van der Waals surface area contributed by atoms with Gasteiger partial charge in [0.2, 0.25) is 47.3 Å². The number of cyclic esters (lactones) is 1. The van der Waals surface area contributed by atoms with E-state index in [1.165, 1.54) is 0 Å². The summed E-state index contributed by atoms with van der Waals surface area (Å²) in [4.78, 5) is 138. The summed E-state index contributed by atoms with van der Waals surface area (Å²) in [7, 11) is 0. The molecule has 1 heterocycles. The van der Waals surface area contributed by atoms with E-state index in [1.807, 2.05) is 20.8 Å². The quantitative estimate of drug-likeness (QED) is 0.0439. The van der Waals surface area contributed by atoms with Crippen molar-refractivity contribution in [1.29, 1.82) is 0 Å². The maximum Gasteiger partial charge on any atom is 0.329 e. The van der Waals surface area contributed by atoms with E-state index in [-0.39, 0.29) is 43.9 Å². The van der Waals surface area contributed by atoms with Crippen LogP contribution in [0.5, 0.6) is 0 Å². The van der Waals surface area contributed by atoms with Gasteiger partial charge in [0.25, 0.3) is 0 Å². The average Bonchev–Trinajstić information content (AvgIpc) is 3.33. The predicted molar refractivity (Wildman–Crippen MR) is 282 cm³/mol. The van der Waals surface area contributed by atoms with Crippen LogP contribution in [-0.4, -0.2) is 113 Å². The van der Waals surface area contributed by atoms with E-state index in [2.05, 4.69) is 51.1 Å². The molecule has 0 aromatic heterocycles. The van der Waals surface area contributed by atoms with Crippen LogP contribution in [0.25, 0.3) is 0 Å². The molecule has 1 aliphatic heterocycles. The fourth-order valence-electron chi connectivity index (χ4n) is 8.65. The molecular formula is C54H96N8O12. The maximum atomic E-state index is 14.3. The van der Waals surface area contributed by atoms with Gasteiger partial charge in [-0.25, -0.2) is 4.79 Å². The van der Waals surface area contributed by atoms with Crippen molar-refractivity contribution in [2.45, 2.75) is 247 Å². The molecule has 0 radical (unpaired) electrons. The minimum absolute atomic E-state index is 0.0465. The number of carbonyl (C=O) groups is 10. The second-order valence-electron chi connectivity index (χ2n) is 21.8. The lowest BCUT2D eigenvalue weighted by molar-refractivity contribution is -0.156. The number of unbranched alkanes of at least 4 members (excludes halogenated alkanes) is 5. The fourth-order valence-corrected chi connectivity index (χ4v) is 8.65. The number of carboxylic acid groups (broad SMARTS) is 1. The molecule has 0 spiro atoms. The normalized spacial score (nSPS) is 25.3. The van der Waals surface area contributed by atoms with Gasteiger partial charge in [0.05, 0.1) is 12.8 Å². The highest BCUT2D eigenvalue weighted by Gasteiger charge is 2.39. The molecule has 1 saturated heterocycles. The topological polar surface area (TPSA) is 310 Å². The lowest BCUT2D eigenvalue weighted by atomic mass is 9.95. The Morgan fingerprint density at radius 2 is 0.946 bits per heavy atom. The number of hydrogen-bond acceptors (Lipinski definition) is 11. The highest BCUT2D eigenvalue weighted by molar-refractivity contribution is 5.98. The number of primary amides is 1. The molecule has 0 saturated carbocycles. The SMILES string of the molecule is CCC(C)CCCCCCCCC1CC(=O)N[C@@H](CCC(N)=O)C(=O)N[C@@H]([C@@H](C)CC)C(=O)N[C@@H](CC(C)C)C(=O)N[C@@H]([C@@H](C)CC)C(=O)N[C@@H](CC(=O)O)C(=O)N[C@@H](CC(C)C)C(=O)N[C@@H]([C@@H](C)CC)C(=O)O1. The fraction of sp³-hybridized carbons (Fsp3) is 0.815. The molecule has 74 heavy (non-hydrogen) atoms. The van der Waals surface area contributed by atoms with Crippen molar-refractivity contribution in [2.75, 3.05) is 0 Å². The first kappa shape index (κ1) is 66.7. The molecule has 10 N–H and O–H groups in total. The molecule has 1 fully saturated rings. The Balaban J connectivity index is 4.02. The molecule has 0 aliphatic carbocycles. The Labute approximate surface area is 441 Å². The van der Waals surface area contributed by atoms with Crippen LogP contribution in [0.4, 0.5) is 0 Å². The van der Waals surface area contributed by atoms with Crippen LogP contribution < -0.4 is 43.0 Å². The van der Waals surface area contributed by atoms with Gasteiger partial charge in [-0.05, 0) is 67.6 Å². The third-order valence-corrected chi connectivity index (χ3v) is 14.2. The Kier molecular flexibility index (Phi) is 31.6. The Bertz CT molecular complexity index is 1830. The number of nitrogens with two attached hydrogens (primary N) is 1. The van der Waals surface area contributed by atoms with Gasteiger partial charge in [0.15, 0.2) is 0 Å². The van der Waals surface area contributed by atoms with Crippen molar-refractivity contribution in [2.24, 2.45) is 41.2 Å². The number of nitrogens with one attached hydrogen (secondary N) is 7. The van der Waals surface area contributed by atoms with Crippen LogP contribution in [0.3, 0.4) is 0 Å². The van der Waals surface area contributed by atoms with Crippen LogP contribution in [0.1, 0.15) is 199 Å². The van der Waals surface area contributed by atoms with E-state index >= 15 is 0 Å². The molecule has 0 bridgehead atoms. The summed E-state index contributed by atoms with van der Waals surface area (Å²) in [5, 5.41) is 28.7. The summed E-state index contributed by atoms with van der Waals surface area (Å²) in [6.45, 7) is 22.2. The average molecular weight is 1050 g/mol. The second-order valence-corrected chi connectivity index (χ2v) is 21.8. The molecule has 8 amide bonds. The van der Waals surface area contributed by atoms with Crippen LogP contribution in [0, 0.1) is 35.5 Å². The number of amides is 8. The second kappa shape index (κ2) is 35.0. The lowest BCUT2D eigenvalue weighted by Gasteiger charge is -2.31. The first-order valence-corrected chi connectivity index (χ1v) is 27.6. The number of carboxylic acids is 1. The van der Waals surface area contributed by atoms with E-state index in [9.17, 15) is 53.1 Å². The van der Waals surface area contributed by atoms with Gasteiger partial charge in [-0.3, -0.25) is 43.2 Å². The van der Waals surface area contributed by atoms with E-state index in [0.717, 1.165) is 44.9 Å². The van der Waals surface area contributed by atoms with Crippen molar-refractivity contribution in [1.82, 2.24) is 37.2 Å². The van der Waals surface area contributed by atoms with Crippen molar-refractivity contribution in [3.05, 3.63) is 0 Å². The molecule has 20 heteroatoms. The minimum Gasteiger partial charge on any atom is -0.481 e. The van der Waals surface area contributed by atoms with E-state index in [0.29, 0.717) is 31.6 Å². The zero-order valence-corrected chi connectivity index (χ0v) is 46.8. The maximum absolute atomic E-state index is 14.3. The first-order valence-electron chi connectivity index (χ1n) is 27.6. The Hall–Kier alpha value is -5.30. The summed E-state index contributed by atoms with van der Waals surface area (Å²) >= 11 is 0. The molecule has 0 aromatic rings. The number of esters is 1. The van der Waals surface area contributed by atoms with Gasteiger partial charge in [-0.2, -0.15) is 0 Å². The first-order chi connectivity index (χ1) is 34.8. The number of carbonyl (C=O) groups excluding carboxylic acids is 9. The van der Waals surface area contributed by atoms with Crippen molar-refractivity contribution in [3.63, 3.8) is 0 Å². The van der Waals surface area contributed by atoms with Gasteiger partial charge < -0.3 is 52.8 Å². The molecule has 1 aliphatic rings. The molecule has 1 rings (SSSR count). The van der Waals surface area contributed by atoms with E-state index in [1.54, 1.807) is 48.5 Å². The third-order valence-electron chi connectivity index (χ3n) is 14.2. The van der Waals surface area contributed by atoms with Crippen LogP contribution in [0.15, 0.2) is 0 Å². The van der Waals surface area contributed by atoms with Crippen molar-refractivity contribution < 1.29 is 57.8 Å². The molecule has 12 atom stereocenters. The standard InChI is InChI=1S/C54H96N8O12/c1-13-33(9)23-21-19-17-18-20-22-24-37-29-43(64)56-38(25-26-42(55)63)48(67)60-45(34(10)14-2)52(71)58-40(28-32(7)8)50(69)61-46(35(11)15-3)53(72)59-41(30-44(65)66)49(68)57-39(27-31(5)6)51(70)62-47(36(12)16-4)54(73)74-37/h31-41,45-47H,13-30H2,1-12H3,(H2,55,63)(H,56,64)(H,57,68)(H,58,71)(H,59,72)(H,60,67)(H,61,69)(H,62,70)(H,65,66)/t33?,34-,35-,36-,37?,38-,39-,40-,41-,45-,46-,47-/m0/s1. The lowest BCUT2D eigenvalue weighted by Crippen LogP contribution is -2.61. The Morgan fingerprint density at radius 3 is 1.41 bits per heavy atom. The van der Waals surface area contributed by atoms with Gasteiger partial charge in [-0.15, -0.1) is 0 Å². The molecular weight excluding hydrogens is 953 g/mol. The monoisotopic (exact) mass is 1050 g/mol. The Morgan fingerprint density at radius 1 is 0.527 bits per heavy atom. The van der Waals surface area contributed by atoms with Crippen molar-refractivity contribution >= 4 is 59.2 Å². The number of ether oxygens (including phenoxy) is 1. The number of hydrogen-bond donors (Lipinski definition) is 9. The molecule has 0 aromatic carbocycles. The number of aliphatic carboxylic acids is 1. The highest BCUT2D eigenvalue weighted by Crippen LogP contribution is 2.20. The van der Waals surface area contributed by atoms with E-state index in [4.69, 9.17) is 10.5 Å². The summed E-state index contributed by atoms with van der Waals surface area (Å²) in [5.41, 5.74) is 5.51. The van der Waals surface area contributed by atoms with Gasteiger partial charge in [0, 0.05) is 6.42 Å². The zero-order chi connectivity index (χ0) is 56.2. The largest absolute Gasteiger partial charge is 0.481 e. The molecule has 20 nitrogen and oxygen atoms in total. The van der Waals surface area contributed by atoms with Crippen molar-refractivity contribution in [3.8, 4) is 0 Å². The van der Waals surface area contributed by atoms with Gasteiger partial charge in [-0.1, -0.05) is 147 Å². The van der Waals surface area contributed by atoms with E-state index < -0.39 is 138 Å². The number of rotatable bonds is 25. The molecule has 424 valence electrons. The summed E-state index contributed by atoms with van der Waals surface area (Å²) in [6.07, 6.45) is 6.47. The molecule has 2 unspecified atom stereocenters. The van der Waals surface area contributed by atoms with Gasteiger partial charge in [0.1, 0.15) is 48.4 Å². The van der Waals surface area contributed by atoms with Gasteiger partial charge >= 0.3 is 11.9 Å². The third kappa shape index (κ3) is 25.3. The summed E-state index contributed by atoms with van der Waals surface area (Å²) < 4.78 is 6.10. The minimum atomic E-state index is -1.72. The smallest absolute Gasteiger partial charge is 0.329 e. The summed E-state index contributed by atoms with van der Waals surface area (Å²) in [6, 6.07) is -9.50. The van der Waals surface area contributed by atoms with Crippen LogP contribution in [-0.2, 0) is 52.7 Å².